The van der Waals surface area contributed by atoms with Crippen LogP contribution in [0.15, 0.2) is 30.3 Å². The van der Waals surface area contributed by atoms with Crippen molar-refractivity contribution < 1.29 is 32.8 Å². The molecule has 0 fully saturated rings. The number of fused-ring (bicyclic) bond motifs is 5. The smallest absolute Gasteiger partial charge is 0.497 e. The predicted molar refractivity (Wildman–Crippen MR) is 121 cm³/mol. The van der Waals surface area contributed by atoms with Crippen molar-refractivity contribution in [2.45, 2.75) is 32.1 Å². The zero-order valence-electron chi connectivity index (χ0n) is 19.2. The zero-order chi connectivity index (χ0) is 24.7. The average Bonchev–Trinajstić information content (AvgIpc) is 3.43. The zero-order valence-corrected chi connectivity index (χ0v) is 19.2. The summed E-state index contributed by atoms with van der Waals surface area (Å²) >= 11 is 0. The molecule has 1 unspecified atom stereocenters. The van der Waals surface area contributed by atoms with Gasteiger partial charge in [-0.25, -0.2) is 9.97 Å². The Labute approximate surface area is 198 Å². The summed E-state index contributed by atoms with van der Waals surface area (Å²) in [4.78, 5) is 9.19. The molecule has 5 rings (SSSR count). The van der Waals surface area contributed by atoms with Crippen LogP contribution in [0.5, 0.6) is 23.0 Å². The Hall–Kier alpha value is -3.93. The molecular weight excluding hydrogens is 464 g/mol. The molecule has 2 aromatic carbocycles. The molecule has 10 nitrogen and oxygen atoms in total. The third-order valence-electron chi connectivity index (χ3n) is 5.76. The Morgan fingerprint density at radius 3 is 2.71 bits per heavy atom. The number of halogens is 2. The molecule has 12 heteroatoms. The maximum Gasteiger partial charge on any atom is 0.586 e. The third-order valence-corrected chi connectivity index (χ3v) is 5.76. The monoisotopic (exact) mass is 487 g/mol. The number of ether oxygens (including phenoxy) is 4. The number of methoxy groups -OCH3 is 2. The van der Waals surface area contributed by atoms with Gasteiger partial charge in [-0.1, -0.05) is 6.92 Å². The average molecular weight is 487 g/mol. The van der Waals surface area contributed by atoms with Gasteiger partial charge in [-0.2, -0.15) is 4.52 Å². The second-order valence-electron chi connectivity index (χ2n) is 8.04. The summed E-state index contributed by atoms with van der Waals surface area (Å²) in [5.74, 6) is 1.56. The Bertz CT molecular complexity index is 1410. The fourth-order valence-corrected chi connectivity index (χ4v) is 3.91. The van der Waals surface area contributed by atoms with Crippen LogP contribution in [-0.4, -0.2) is 51.8 Å². The maximum atomic E-state index is 13.8. The van der Waals surface area contributed by atoms with Gasteiger partial charge in [-0.15, -0.1) is 13.9 Å². The lowest BCUT2D eigenvalue weighted by molar-refractivity contribution is -0.286. The summed E-state index contributed by atoms with van der Waals surface area (Å²) in [6.07, 6.45) is -3.32. The number of nitrogens with one attached hydrogen (secondary N) is 1. The second-order valence-corrected chi connectivity index (χ2v) is 8.04. The van der Waals surface area contributed by atoms with Gasteiger partial charge in [0.1, 0.15) is 17.0 Å². The highest BCUT2D eigenvalue weighted by atomic mass is 19.3. The van der Waals surface area contributed by atoms with Crippen LogP contribution in [-0.2, 0) is 6.54 Å². The highest BCUT2D eigenvalue weighted by Gasteiger charge is 2.45. The molecule has 1 aliphatic heterocycles. The van der Waals surface area contributed by atoms with Gasteiger partial charge in [0.2, 0.25) is 5.95 Å². The molecule has 0 aliphatic carbocycles. The second kappa shape index (κ2) is 8.69. The topological polar surface area (TPSA) is 112 Å². The van der Waals surface area contributed by atoms with Crippen molar-refractivity contribution >= 4 is 22.5 Å². The SMILES string of the molecule is COc1ccc(CNc2nc3c4c(ccc3c3nc(C(C)CCO)nn23)OC(F)(F)O4)c(OC)c1. The van der Waals surface area contributed by atoms with Crippen molar-refractivity contribution in [3.05, 3.63) is 41.7 Å². The summed E-state index contributed by atoms with van der Waals surface area (Å²) < 4.78 is 49.2. The van der Waals surface area contributed by atoms with Gasteiger partial charge in [0.25, 0.3) is 0 Å². The molecule has 0 bridgehead atoms. The molecule has 2 N–H and O–H groups in total. The lowest BCUT2D eigenvalue weighted by atomic mass is 10.1. The van der Waals surface area contributed by atoms with Gasteiger partial charge in [0.05, 0.1) is 14.2 Å². The van der Waals surface area contributed by atoms with E-state index in [2.05, 4.69) is 25.1 Å². The highest BCUT2D eigenvalue weighted by molar-refractivity contribution is 5.97. The Morgan fingerprint density at radius 2 is 1.97 bits per heavy atom. The van der Waals surface area contributed by atoms with E-state index >= 15 is 0 Å². The standard InChI is InChI=1S/C23H23F2N5O5/c1-12(8-9-31)20-28-21-15-6-7-16-19(35-23(24,25)34-16)18(15)27-22(30(21)29-20)26-11-13-4-5-14(32-2)10-17(13)33-3/h4-7,10,12,31H,8-9,11H2,1-3H3,(H,26,27). The molecular formula is C23H23F2N5O5. The maximum absolute atomic E-state index is 13.8. The Balaban J connectivity index is 1.62. The Morgan fingerprint density at radius 1 is 1.14 bits per heavy atom. The molecule has 2 aromatic heterocycles. The first-order valence-electron chi connectivity index (χ1n) is 10.9. The minimum atomic E-state index is -3.79. The third kappa shape index (κ3) is 4.09. The van der Waals surface area contributed by atoms with E-state index in [-0.39, 0.29) is 42.0 Å². The lowest BCUT2D eigenvalue weighted by Gasteiger charge is -2.13. The van der Waals surface area contributed by atoms with Crippen LogP contribution in [0.1, 0.15) is 30.7 Å². The van der Waals surface area contributed by atoms with E-state index in [1.165, 1.54) is 10.6 Å². The van der Waals surface area contributed by atoms with E-state index in [4.69, 9.17) is 14.2 Å². The van der Waals surface area contributed by atoms with Crippen molar-refractivity contribution in [1.82, 2.24) is 19.6 Å². The summed E-state index contributed by atoms with van der Waals surface area (Å²) in [6, 6.07) is 8.37. The highest BCUT2D eigenvalue weighted by Crippen LogP contribution is 2.46. The first kappa shape index (κ1) is 22.8. The molecule has 0 radical (unpaired) electrons. The van der Waals surface area contributed by atoms with Gasteiger partial charge in [-0.05, 0) is 30.7 Å². The fourth-order valence-electron chi connectivity index (χ4n) is 3.91. The van der Waals surface area contributed by atoms with Gasteiger partial charge in [-0.3, -0.25) is 0 Å². The predicted octanol–water partition coefficient (Wildman–Crippen LogP) is 3.71. The number of nitrogens with zero attached hydrogens (tertiary/aromatic N) is 4. The molecule has 0 saturated carbocycles. The van der Waals surface area contributed by atoms with Gasteiger partial charge in [0, 0.05) is 36.1 Å². The van der Waals surface area contributed by atoms with Crippen LogP contribution in [0, 0.1) is 0 Å². The van der Waals surface area contributed by atoms with Crippen LogP contribution < -0.4 is 24.3 Å². The van der Waals surface area contributed by atoms with E-state index in [0.29, 0.717) is 34.8 Å². The van der Waals surface area contributed by atoms with E-state index in [9.17, 15) is 13.9 Å². The molecule has 0 amide bonds. The van der Waals surface area contributed by atoms with Crippen LogP contribution in [0.2, 0.25) is 0 Å². The van der Waals surface area contributed by atoms with Gasteiger partial charge in [0.15, 0.2) is 23.0 Å². The van der Waals surface area contributed by atoms with Gasteiger partial charge < -0.3 is 29.4 Å². The van der Waals surface area contributed by atoms with Crippen molar-refractivity contribution in [3.8, 4) is 23.0 Å². The molecule has 0 saturated heterocycles. The normalized spacial score (nSPS) is 14.9. The minimum absolute atomic E-state index is 0.0220. The van der Waals surface area contributed by atoms with Crippen molar-refractivity contribution in [1.29, 1.82) is 0 Å². The van der Waals surface area contributed by atoms with E-state index in [1.807, 2.05) is 13.0 Å². The summed E-state index contributed by atoms with van der Waals surface area (Å²) in [6.45, 7) is 2.15. The number of aliphatic hydroxyl groups excluding tert-OH is 1. The summed E-state index contributed by atoms with van der Waals surface area (Å²) in [5.41, 5.74) is 1.37. The fraction of sp³-hybridized carbons (Fsp3) is 0.348. The number of rotatable bonds is 8. The quantitative estimate of drug-likeness (QED) is 0.384. The molecule has 184 valence electrons. The van der Waals surface area contributed by atoms with Crippen molar-refractivity contribution in [2.24, 2.45) is 0 Å². The molecule has 1 atom stereocenters. The molecule has 0 spiro atoms. The minimum Gasteiger partial charge on any atom is -0.497 e. The first-order valence-corrected chi connectivity index (χ1v) is 10.9. The van der Waals surface area contributed by atoms with Crippen molar-refractivity contribution in [2.75, 3.05) is 26.1 Å². The van der Waals surface area contributed by atoms with Crippen LogP contribution in [0.3, 0.4) is 0 Å². The first-order chi connectivity index (χ1) is 16.8. The number of alkyl halides is 2. The molecule has 3 heterocycles. The number of aliphatic hydroxyl groups is 1. The number of aromatic nitrogens is 4. The van der Waals surface area contributed by atoms with Crippen molar-refractivity contribution in [3.63, 3.8) is 0 Å². The summed E-state index contributed by atoms with van der Waals surface area (Å²) in [7, 11) is 3.12. The number of hydrogen-bond acceptors (Lipinski definition) is 9. The lowest BCUT2D eigenvalue weighted by Crippen LogP contribution is -2.26. The molecule has 4 aromatic rings. The number of benzene rings is 2. The number of hydrogen-bond donors (Lipinski definition) is 2. The van der Waals surface area contributed by atoms with Gasteiger partial charge >= 0.3 is 6.29 Å². The van der Waals surface area contributed by atoms with E-state index in [1.54, 1.807) is 32.4 Å². The van der Waals surface area contributed by atoms with Crippen LogP contribution in [0.25, 0.3) is 16.6 Å². The summed E-state index contributed by atoms with van der Waals surface area (Å²) in [5, 5.41) is 17.6. The van der Waals surface area contributed by atoms with Crippen LogP contribution in [0.4, 0.5) is 14.7 Å². The van der Waals surface area contributed by atoms with Crippen LogP contribution >= 0.6 is 0 Å². The van der Waals surface area contributed by atoms with E-state index in [0.717, 1.165) is 5.56 Å². The Kier molecular flexibility index (Phi) is 5.67. The number of anilines is 1. The molecule has 35 heavy (non-hydrogen) atoms. The molecule has 1 aliphatic rings. The van der Waals surface area contributed by atoms with E-state index < -0.39 is 6.29 Å². The largest absolute Gasteiger partial charge is 0.586 e.